The van der Waals surface area contributed by atoms with Gasteiger partial charge in [-0.2, -0.15) is 0 Å². The van der Waals surface area contributed by atoms with Crippen LogP contribution in [0.25, 0.3) is 0 Å². The van der Waals surface area contributed by atoms with E-state index in [0.717, 1.165) is 0 Å². The normalized spacial score (nSPS) is 15.3. The lowest BCUT2D eigenvalue weighted by atomic mass is 10.1. The van der Waals surface area contributed by atoms with Crippen molar-refractivity contribution in [3.63, 3.8) is 0 Å². The maximum absolute atomic E-state index is 8.76. The lowest BCUT2D eigenvalue weighted by Crippen LogP contribution is -2.37. The maximum atomic E-state index is 8.76. The predicted octanol–water partition coefficient (Wildman–Crippen LogP) is -0.285. The van der Waals surface area contributed by atoms with Crippen molar-refractivity contribution < 1.29 is 10.2 Å². The van der Waals surface area contributed by atoms with Crippen molar-refractivity contribution in [2.24, 2.45) is 5.73 Å². The minimum absolute atomic E-state index is 0.101. The van der Waals surface area contributed by atoms with Gasteiger partial charge in [0.1, 0.15) is 0 Å². The second-order valence-corrected chi connectivity index (χ2v) is 1.86. The Hall–Kier alpha value is -0.120. The summed E-state index contributed by atoms with van der Waals surface area (Å²) in [4.78, 5) is 0. The molecule has 0 radical (unpaired) electrons. The third-order valence-electron chi connectivity index (χ3n) is 0.780. The summed E-state index contributed by atoms with van der Waals surface area (Å²) in [5.41, 5.74) is 3.92. The smallest absolute Gasteiger partial charge is 0.0970 e. The molecule has 1 unspecified atom stereocenters. The summed E-state index contributed by atoms with van der Waals surface area (Å²) in [6.45, 7) is 5.31. The molecule has 0 aliphatic heterocycles. The molecular weight excluding hydrogens is 118 g/mol. The molecule has 0 amide bonds. The molecule has 3 heteroatoms. The molecule has 58 valence electrons. The molecule has 0 aromatic rings. The van der Waals surface area contributed by atoms with E-state index in [0.29, 0.717) is 0 Å². The fourth-order valence-electron chi connectivity index (χ4n) is 0.0645. The predicted molar refractivity (Wildman–Crippen MR) is 38.1 cm³/mol. The van der Waals surface area contributed by atoms with E-state index >= 15 is 0 Å². The van der Waals surface area contributed by atoms with Crippen molar-refractivity contribution in [3.05, 3.63) is 0 Å². The largest absolute Gasteiger partial charge is 0.393 e. The summed E-state index contributed by atoms with van der Waals surface area (Å²) in [6, 6.07) is 0. The van der Waals surface area contributed by atoms with Crippen LogP contribution in [0.4, 0.5) is 0 Å². The molecule has 0 saturated heterocycles. The highest BCUT2D eigenvalue weighted by molar-refractivity contribution is 4.70. The fraction of sp³-hybridized carbons (Fsp3) is 1.00. The summed E-state index contributed by atoms with van der Waals surface area (Å²) in [5.74, 6) is 0. The van der Waals surface area contributed by atoms with Gasteiger partial charge in [0.2, 0.25) is 0 Å². The number of aliphatic hydroxyl groups is 2. The van der Waals surface area contributed by atoms with Crippen LogP contribution in [-0.2, 0) is 0 Å². The van der Waals surface area contributed by atoms with Gasteiger partial charge in [0.05, 0.1) is 12.2 Å². The van der Waals surface area contributed by atoms with Crippen LogP contribution < -0.4 is 5.73 Å². The Bertz CT molecular complexity index is 49.0. The number of nitrogens with two attached hydrogens (primary N) is 1. The van der Waals surface area contributed by atoms with Gasteiger partial charge in [0, 0.05) is 6.54 Å². The first-order valence-corrected chi connectivity index (χ1v) is 3.16. The molecule has 0 fully saturated rings. The van der Waals surface area contributed by atoms with Crippen molar-refractivity contribution >= 4 is 0 Å². The van der Waals surface area contributed by atoms with Crippen LogP contribution in [0.15, 0.2) is 0 Å². The molecule has 3 nitrogen and oxygen atoms in total. The van der Waals surface area contributed by atoms with E-state index < -0.39 is 5.60 Å². The minimum Gasteiger partial charge on any atom is -0.393 e. The zero-order chi connectivity index (χ0) is 7.91. The highest BCUT2D eigenvalue weighted by Crippen LogP contribution is 1.94. The molecule has 0 spiro atoms. The van der Waals surface area contributed by atoms with E-state index in [1.54, 1.807) is 0 Å². The quantitative estimate of drug-likeness (QED) is 0.487. The monoisotopic (exact) mass is 135 g/mol. The SMILES string of the molecule is CC.CC(O)(CN)CO. The van der Waals surface area contributed by atoms with Gasteiger partial charge >= 0.3 is 0 Å². The summed E-state index contributed by atoms with van der Waals surface area (Å²) in [7, 11) is 0. The molecule has 0 aromatic carbocycles. The summed E-state index contributed by atoms with van der Waals surface area (Å²) in [5, 5.41) is 17.0. The minimum atomic E-state index is -1.08. The lowest BCUT2D eigenvalue weighted by molar-refractivity contribution is 0.00972. The molecule has 0 rings (SSSR count). The first-order chi connectivity index (χ1) is 4.12. The van der Waals surface area contributed by atoms with Gasteiger partial charge in [-0.1, -0.05) is 13.8 Å². The Balaban J connectivity index is 0. The zero-order valence-electron chi connectivity index (χ0n) is 6.39. The van der Waals surface area contributed by atoms with Gasteiger partial charge in [-0.25, -0.2) is 0 Å². The highest BCUT2D eigenvalue weighted by Gasteiger charge is 2.14. The van der Waals surface area contributed by atoms with Gasteiger partial charge in [-0.3, -0.25) is 0 Å². The van der Waals surface area contributed by atoms with Crippen LogP contribution in [0.3, 0.4) is 0 Å². The highest BCUT2D eigenvalue weighted by atomic mass is 16.3. The molecule has 0 bridgehead atoms. The Morgan fingerprint density at radius 2 is 1.78 bits per heavy atom. The number of rotatable bonds is 2. The van der Waals surface area contributed by atoms with Gasteiger partial charge in [-0.15, -0.1) is 0 Å². The van der Waals surface area contributed by atoms with E-state index in [2.05, 4.69) is 0 Å². The van der Waals surface area contributed by atoms with Crippen LogP contribution in [0.2, 0.25) is 0 Å². The van der Waals surface area contributed by atoms with Crippen molar-refractivity contribution in [2.45, 2.75) is 26.4 Å². The molecule has 0 saturated carbocycles. The first-order valence-electron chi connectivity index (χ1n) is 3.16. The van der Waals surface area contributed by atoms with Crippen molar-refractivity contribution in [1.29, 1.82) is 0 Å². The lowest BCUT2D eigenvalue weighted by Gasteiger charge is -2.15. The van der Waals surface area contributed by atoms with Crippen LogP contribution in [0.1, 0.15) is 20.8 Å². The zero-order valence-corrected chi connectivity index (χ0v) is 6.39. The number of hydrogen-bond acceptors (Lipinski definition) is 3. The van der Waals surface area contributed by atoms with Crippen LogP contribution in [0.5, 0.6) is 0 Å². The van der Waals surface area contributed by atoms with E-state index in [4.69, 9.17) is 15.9 Å². The third-order valence-corrected chi connectivity index (χ3v) is 0.780. The summed E-state index contributed by atoms with van der Waals surface area (Å²) >= 11 is 0. The van der Waals surface area contributed by atoms with Crippen molar-refractivity contribution in [2.75, 3.05) is 13.2 Å². The average molecular weight is 135 g/mol. The van der Waals surface area contributed by atoms with E-state index in [1.165, 1.54) is 6.92 Å². The maximum Gasteiger partial charge on any atom is 0.0970 e. The van der Waals surface area contributed by atoms with Crippen LogP contribution >= 0.6 is 0 Å². The second kappa shape index (κ2) is 6.01. The average Bonchev–Trinajstić information content (AvgIpc) is 1.93. The van der Waals surface area contributed by atoms with Crippen molar-refractivity contribution in [3.8, 4) is 0 Å². The number of hydrogen-bond donors (Lipinski definition) is 3. The standard InChI is InChI=1S/C4H11NO2.C2H6/c1-4(7,2-5)3-6;1-2/h6-7H,2-3,5H2,1H3;1-2H3. The Labute approximate surface area is 56.5 Å². The van der Waals surface area contributed by atoms with Crippen LogP contribution in [-0.4, -0.2) is 29.0 Å². The van der Waals surface area contributed by atoms with Gasteiger partial charge in [0.15, 0.2) is 0 Å². The molecule has 0 aliphatic carbocycles. The first kappa shape index (κ1) is 11.6. The molecule has 0 heterocycles. The summed E-state index contributed by atoms with van der Waals surface area (Å²) < 4.78 is 0. The van der Waals surface area contributed by atoms with Gasteiger partial charge in [-0.05, 0) is 6.92 Å². The van der Waals surface area contributed by atoms with Crippen molar-refractivity contribution in [1.82, 2.24) is 0 Å². The van der Waals surface area contributed by atoms with Crippen LogP contribution in [0, 0.1) is 0 Å². The van der Waals surface area contributed by atoms with E-state index in [1.807, 2.05) is 13.8 Å². The molecule has 1 atom stereocenters. The fourth-order valence-corrected chi connectivity index (χ4v) is 0.0645. The molecule has 9 heavy (non-hydrogen) atoms. The van der Waals surface area contributed by atoms with E-state index in [-0.39, 0.29) is 13.2 Å². The summed E-state index contributed by atoms with van der Waals surface area (Å²) in [6.07, 6.45) is 0. The van der Waals surface area contributed by atoms with Gasteiger partial charge in [0.25, 0.3) is 0 Å². The topological polar surface area (TPSA) is 66.5 Å². The Kier molecular flexibility index (Phi) is 7.77. The molecule has 4 N–H and O–H groups in total. The molecule has 0 aliphatic rings. The third kappa shape index (κ3) is 7.88. The Morgan fingerprint density at radius 3 is 1.78 bits per heavy atom. The number of aliphatic hydroxyl groups excluding tert-OH is 1. The Morgan fingerprint density at radius 1 is 1.44 bits per heavy atom. The molecule has 0 aromatic heterocycles. The van der Waals surface area contributed by atoms with Gasteiger partial charge < -0.3 is 15.9 Å². The second-order valence-electron chi connectivity index (χ2n) is 1.86. The van der Waals surface area contributed by atoms with E-state index in [9.17, 15) is 0 Å². The molecular formula is C6H17NO2.